The minimum Gasteiger partial charge on any atom is -0.352 e. The van der Waals surface area contributed by atoms with Gasteiger partial charge in [0.2, 0.25) is 0 Å². The summed E-state index contributed by atoms with van der Waals surface area (Å²) in [5, 5.41) is 12.0. The third kappa shape index (κ3) is 5.18. The van der Waals surface area contributed by atoms with Crippen LogP contribution in [0.2, 0.25) is 10.2 Å². The SMILES string of the molecule is CN=C(NCc1ccccc1-n1cccn1)NCc1cc(Cl)c(Cl)n1C.I. The molecule has 6 nitrogen and oxygen atoms in total. The highest BCUT2D eigenvalue weighted by molar-refractivity contribution is 14.0. The molecule has 2 N–H and O–H groups in total. The molecule has 0 aliphatic carbocycles. The number of hydrogen-bond acceptors (Lipinski definition) is 2. The van der Waals surface area contributed by atoms with E-state index >= 15 is 0 Å². The molecular formula is C18H21Cl2IN6. The number of nitrogens with zero attached hydrogens (tertiary/aromatic N) is 4. The summed E-state index contributed by atoms with van der Waals surface area (Å²) in [6.45, 7) is 1.17. The van der Waals surface area contributed by atoms with Crippen LogP contribution < -0.4 is 10.6 Å². The van der Waals surface area contributed by atoms with Gasteiger partial charge in [0.05, 0.1) is 17.3 Å². The first-order valence-electron chi connectivity index (χ1n) is 8.12. The van der Waals surface area contributed by atoms with E-state index < -0.39 is 0 Å². The van der Waals surface area contributed by atoms with Gasteiger partial charge in [0.25, 0.3) is 0 Å². The molecule has 2 heterocycles. The smallest absolute Gasteiger partial charge is 0.191 e. The minimum atomic E-state index is 0. The van der Waals surface area contributed by atoms with Crippen molar-refractivity contribution in [1.29, 1.82) is 0 Å². The molecule has 0 aliphatic rings. The van der Waals surface area contributed by atoms with Gasteiger partial charge in [-0.05, 0) is 23.8 Å². The van der Waals surface area contributed by atoms with Crippen LogP contribution in [0.4, 0.5) is 0 Å². The maximum Gasteiger partial charge on any atom is 0.191 e. The van der Waals surface area contributed by atoms with Crippen molar-refractivity contribution in [3.63, 3.8) is 0 Å². The van der Waals surface area contributed by atoms with E-state index in [9.17, 15) is 0 Å². The highest BCUT2D eigenvalue weighted by atomic mass is 127. The quantitative estimate of drug-likeness (QED) is 0.305. The molecule has 144 valence electrons. The molecule has 0 amide bonds. The molecule has 0 unspecified atom stereocenters. The van der Waals surface area contributed by atoms with Gasteiger partial charge < -0.3 is 15.2 Å². The molecule has 0 saturated heterocycles. The molecule has 2 aromatic heterocycles. The summed E-state index contributed by atoms with van der Waals surface area (Å²) >= 11 is 12.2. The lowest BCUT2D eigenvalue weighted by Crippen LogP contribution is -2.36. The van der Waals surface area contributed by atoms with Crippen LogP contribution >= 0.6 is 47.2 Å². The normalized spacial score (nSPS) is 11.2. The number of para-hydroxylation sites is 1. The Hall–Kier alpha value is -1.71. The Kier molecular flexibility index (Phi) is 8.00. The number of nitrogens with one attached hydrogen (secondary N) is 2. The standard InChI is InChI=1S/C18H20Cl2N6.HI/c1-21-18(23-12-14-10-15(19)17(20)25(14)2)22-11-13-6-3-4-7-16(13)26-9-5-8-24-26;/h3-10H,11-12H2,1-2H3,(H2,21,22,23);1H. The number of aliphatic imine (C=N–C) groups is 1. The van der Waals surface area contributed by atoms with Crippen molar-refractivity contribution < 1.29 is 0 Å². The van der Waals surface area contributed by atoms with E-state index in [1.165, 1.54) is 0 Å². The van der Waals surface area contributed by atoms with Crippen LogP contribution in [0.1, 0.15) is 11.3 Å². The number of benzene rings is 1. The maximum absolute atomic E-state index is 6.10. The van der Waals surface area contributed by atoms with Crippen LogP contribution in [-0.4, -0.2) is 27.4 Å². The number of rotatable bonds is 5. The first kappa shape index (κ1) is 21.6. The fraction of sp³-hybridized carbons (Fsp3) is 0.222. The lowest BCUT2D eigenvalue weighted by molar-refractivity contribution is 0.747. The molecular weight excluding hydrogens is 498 g/mol. The molecule has 0 radical (unpaired) electrons. The fourth-order valence-corrected chi connectivity index (χ4v) is 3.04. The van der Waals surface area contributed by atoms with Crippen molar-refractivity contribution in [2.45, 2.75) is 13.1 Å². The first-order valence-corrected chi connectivity index (χ1v) is 8.87. The average Bonchev–Trinajstić information content (AvgIpc) is 3.27. The summed E-state index contributed by atoms with van der Waals surface area (Å²) < 4.78 is 3.69. The second kappa shape index (κ2) is 10.0. The van der Waals surface area contributed by atoms with Crippen molar-refractivity contribution in [2.24, 2.45) is 12.0 Å². The summed E-state index contributed by atoms with van der Waals surface area (Å²) in [7, 11) is 3.61. The van der Waals surface area contributed by atoms with Gasteiger partial charge in [0.1, 0.15) is 5.15 Å². The predicted molar refractivity (Wildman–Crippen MR) is 121 cm³/mol. The van der Waals surface area contributed by atoms with E-state index in [1.807, 2.05) is 52.8 Å². The van der Waals surface area contributed by atoms with E-state index in [4.69, 9.17) is 23.2 Å². The topological polar surface area (TPSA) is 59.2 Å². The first-order chi connectivity index (χ1) is 12.6. The number of aromatic nitrogens is 3. The van der Waals surface area contributed by atoms with Crippen molar-refractivity contribution in [3.8, 4) is 5.69 Å². The van der Waals surface area contributed by atoms with Crippen LogP contribution in [0, 0.1) is 0 Å². The van der Waals surface area contributed by atoms with E-state index in [0.29, 0.717) is 29.2 Å². The van der Waals surface area contributed by atoms with E-state index in [0.717, 1.165) is 16.9 Å². The molecule has 0 fully saturated rings. The number of hydrogen-bond donors (Lipinski definition) is 2. The molecule has 1 aromatic carbocycles. The summed E-state index contributed by atoms with van der Waals surface area (Å²) in [6, 6.07) is 11.9. The number of guanidine groups is 1. The van der Waals surface area contributed by atoms with Crippen molar-refractivity contribution in [3.05, 3.63) is 70.2 Å². The molecule has 0 spiro atoms. The molecule has 0 bridgehead atoms. The van der Waals surface area contributed by atoms with Gasteiger partial charge in [-0.3, -0.25) is 4.99 Å². The second-order valence-electron chi connectivity index (χ2n) is 5.69. The van der Waals surface area contributed by atoms with Crippen LogP contribution in [0.3, 0.4) is 0 Å². The Bertz CT molecular complexity index is 905. The van der Waals surface area contributed by atoms with E-state index in [2.05, 4.69) is 26.8 Å². The Morgan fingerprint density at radius 3 is 2.52 bits per heavy atom. The van der Waals surface area contributed by atoms with Gasteiger partial charge in [0.15, 0.2) is 5.96 Å². The summed E-state index contributed by atoms with van der Waals surface area (Å²) in [4.78, 5) is 4.27. The molecule has 3 aromatic rings. The van der Waals surface area contributed by atoms with Gasteiger partial charge in [-0.15, -0.1) is 24.0 Å². The van der Waals surface area contributed by atoms with Crippen molar-refractivity contribution in [1.82, 2.24) is 25.0 Å². The van der Waals surface area contributed by atoms with E-state index in [1.54, 1.807) is 13.2 Å². The minimum absolute atomic E-state index is 0. The van der Waals surface area contributed by atoms with Gasteiger partial charge in [0, 0.05) is 38.7 Å². The lowest BCUT2D eigenvalue weighted by Gasteiger charge is -2.14. The van der Waals surface area contributed by atoms with Crippen molar-refractivity contribution in [2.75, 3.05) is 7.05 Å². The second-order valence-corrected chi connectivity index (χ2v) is 6.46. The highest BCUT2D eigenvalue weighted by Crippen LogP contribution is 2.24. The van der Waals surface area contributed by atoms with Gasteiger partial charge in [-0.25, -0.2) is 4.68 Å². The zero-order valence-corrected chi connectivity index (χ0v) is 18.8. The number of halogens is 3. The average molecular weight is 519 g/mol. The molecule has 27 heavy (non-hydrogen) atoms. The summed E-state index contributed by atoms with van der Waals surface area (Å²) in [5.41, 5.74) is 3.12. The highest BCUT2D eigenvalue weighted by Gasteiger charge is 2.10. The third-order valence-electron chi connectivity index (χ3n) is 4.07. The van der Waals surface area contributed by atoms with E-state index in [-0.39, 0.29) is 24.0 Å². The largest absolute Gasteiger partial charge is 0.352 e. The fourth-order valence-electron chi connectivity index (χ4n) is 2.63. The molecule has 3 rings (SSSR count). The van der Waals surface area contributed by atoms with Gasteiger partial charge in [-0.1, -0.05) is 41.4 Å². The van der Waals surface area contributed by atoms with Gasteiger partial charge in [-0.2, -0.15) is 5.10 Å². The molecule has 0 aliphatic heterocycles. The monoisotopic (exact) mass is 518 g/mol. The summed E-state index contributed by atoms with van der Waals surface area (Å²) in [5.74, 6) is 0.689. The predicted octanol–water partition coefficient (Wildman–Crippen LogP) is 4.00. The van der Waals surface area contributed by atoms with Gasteiger partial charge >= 0.3 is 0 Å². The van der Waals surface area contributed by atoms with Crippen LogP contribution in [-0.2, 0) is 20.1 Å². The molecule has 0 saturated carbocycles. The van der Waals surface area contributed by atoms with Crippen LogP contribution in [0.25, 0.3) is 5.69 Å². The molecule has 0 atom stereocenters. The van der Waals surface area contributed by atoms with Crippen LogP contribution in [0.5, 0.6) is 0 Å². The lowest BCUT2D eigenvalue weighted by atomic mass is 10.2. The van der Waals surface area contributed by atoms with Crippen LogP contribution in [0.15, 0.2) is 53.8 Å². The maximum atomic E-state index is 6.10. The zero-order chi connectivity index (χ0) is 18.5. The molecule has 9 heteroatoms. The Morgan fingerprint density at radius 1 is 1.15 bits per heavy atom. The zero-order valence-electron chi connectivity index (χ0n) is 15.0. The van der Waals surface area contributed by atoms with Crippen molar-refractivity contribution >= 4 is 53.1 Å². The Morgan fingerprint density at radius 2 is 1.89 bits per heavy atom. The summed E-state index contributed by atoms with van der Waals surface area (Å²) in [6.07, 6.45) is 3.69. The Labute approximate surface area is 185 Å². The third-order valence-corrected chi connectivity index (χ3v) is 4.91. The Balaban J connectivity index is 0.00000261.